The van der Waals surface area contributed by atoms with E-state index >= 15 is 0 Å². The Morgan fingerprint density at radius 1 is 1.41 bits per heavy atom. The fraction of sp³-hybridized carbons (Fsp3) is 0.273. The first-order valence-electron chi connectivity index (χ1n) is 4.84. The number of carboxylic acid groups (broad SMARTS) is 1. The summed E-state index contributed by atoms with van der Waals surface area (Å²) in [5.41, 5.74) is -0.0915. The van der Waals surface area contributed by atoms with Crippen LogP contribution >= 0.6 is 0 Å². The van der Waals surface area contributed by atoms with Gasteiger partial charge >= 0.3 is 5.97 Å². The number of halogens is 2. The molecule has 0 fully saturated rings. The molecular formula is C11H11F2NO3. The number of hydrogen-bond donors (Lipinski definition) is 2. The van der Waals surface area contributed by atoms with Crippen LogP contribution in [0.2, 0.25) is 0 Å². The van der Waals surface area contributed by atoms with Crippen LogP contribution in [-0.4, -0.2) is 23.0 Å². The summed E-state index contributed by atoms with van der Waals surface area (Å²) in [4.78, 5) is 21.6. The van der Waals surface area contributed by atoms with E-state index in [1.165, 1.54) is 12.1 Å². The van der Waals surface area contributed by atoms with Crippen molar-refractivity contribution in [1.82, 2.24) is 5.32 Å². The number of benzene rings is 1. The quantitative estimate of drug-likeness (QED) is 0.832. The van der Waals surface area contributed by atoms with Crippen molar-refractivity contribution in [2.45, 2.75) is 19.4 Å². The third-order valence-corrected chi connectivity index (χ3v) is 2.13. The third kappa shape index (κ3) is 3.51. The maximum atomic E-state index is 13.3. The first-order valence-corrected chi connectivity index (χ1v) is 4.84. The molecule has 0 bridgehead atoms. The second-order valence-corrected chi connectivity index (χ2v) is 3.51. The van der Waals surface area contributed by atoms with Gasteiger partial charge in [-0.25, -0.2) is 13.6 Å². The molecule has 0 saturated carbocycles. The smallest absolute Gasteiger partial charge is 0.326 e. The highest BCUT2D eigenvalue weighted by Crippen LogP contribution is 2.13. The van der Waals surface area contributed by atoms with E-state index in [0.717, 1.165) is 13.0 Å². The van der Waals surface area contributed by atoms with E-state index < -0.39 is 29.6 Å². The highest BCUT2D eigenvalue weighted by Gasteiger charge is 2.21. The van der Waals surface area contributed by atoms with Crippen molar-refractivity contribution in [1.29, 1.82) is 0 Å². The number of carboxylic acids is 1. The fourth-order valence-electron chi connectivity index (χ4n) is 1.37. The molecule has 0 radical (unpaired) electrons. The highest BCUT2D eigenvalue weighted by atomic mass is 19.2. The molecular weight excluding hydrogens is 232 g/mol. The topological polar surface area (TPSA) is 66.4 Å². The maximum Gasteiger partial charge on any atom is 0.326 e. The average molecular weight is 243 g/mol. The Kier molecular flexibility index (Phi) is 4.14. The van der Waals surface area contributed by atoms with Crippen LogP contribution in [0.15, 0.2) is 18.2 Å². The van der Waals surface area contributed by atoms with Crippen LogP contribution in [0.5, 0.6) is 0 Å². The molecule has 0 spiro atoms. The summed E-state index contributed by atoms with van der Waals surface area (Å²) in [5.74, 6) is -3.99. The minimum atomic E-state index is -1.30. The Morgan fingerprint density at radius 3 is 2.59 bits per heavy atom. The number of rotatable bonds is 4. The minimum Gasteiger partial charge on any atom is -0.480 e. The number of carbonyl (C=O) groups is 2. The largest absolute Gasteiger partial charge is 0.480 e. The monoisotopic (exact) mass is 243 g/mol. The standard InChI is InChI=1S/C11H11F2NO3/c1-6(15)14-9(11(16)17)5-7-3-2-4-8(12)10(7)13/h2-4,9H,5H2,1H3,(H,14,15)(H,16,17). The summed E-state index contributed by atoms with van der Waals surface area (Å²) in [6.45, 7) is 1.15. The molecule has 0 saturated heterocycles. The van der Waals surface area contributed by atoms with E-state index in [2.05, 4.69) is 5.32 Å². The molecule has 17 heavy (non-hydrogen) atoms. The maximum absolute atomic E-state index is 13.3. The molecule has 0 aliphatic heterocycles. The Bertz CT molecular complexity index is 448. The van der Waals surface area contributed by atoms with Crippen molar-refractivity contribution in [3.8, 4) is 0 Å². The van der Waals surface area contributed by atoms with Crippen LogP contribution in [0, 0.1) is 11.6 Å². The molecule has 0 aliphatic carbocycles. The normalized spacial score (nSPS) is 11.9. The van der Waals surface area contributed by atoms with Gasteiger partial charge in [-0.1, -0.05) is 12.1 Å². The molecule has 1 amide bonds. The van der Waals surface area contributed by atoms with Gasteiger partial charge in [0.25, 0.3) is 0 Å². The van der Waals surface area contributed by atoms with Crippen molar-refractivity contribution in [3.63, 3.8) is 0 Å². The zero-order valence-electron chi connectivity index (χ0n) is 9.04. The van der Waals surface area contributed by atoms with Crippen molar-refractivity contribution >= 4 is 11.9 Å². The molecule has 92 valence electrons. The first-order chi connectivity index (χ1) is 7.91. The lowest BCUT2D eigenvalue weighted by Gasteiger charge is -2.13. The molecule has 6 heteroatoms. The summed E-state index contributed by atoms with van der Waals surface area (Å²) in [7, 11) is 0. The molecule has 0 heterocycles. The molecule has 2 N–H and O–H groups in total. The number of aliphatic carboxylic acids is 1. The lowest BCUT2D eigenvalue weighted by Crippen LogP contribution is -2.41. The van der Waals surface area contributed by atoms with E-state index in [1.54, 1.807) is 0 Å². The fourth-order valence-corrected chi connectivity index (χ4v) is 1.37. The average Bonchev–Trinajstić information content (AvgIpc) is 2.22. The van der Waals surface area contributed by atoms with E-state index in [0.29, 0.717) is 0 Å². The molecule has 1 aromatic rings. The number of carbonyl (C=O) groups excluding carboxylic acids is 1. The Morgan fingerprint density at radius 2 is 2.06 bits per heavy atom. The van der Waals surface area contributed by atoms with Gasteiger partial charge in [-0.05, 0) is 11.6 Å². The van der Waals surface area contributed by atoms with Crippen LogP contribution in [0.4, 0.5) is 8.78 Å². The number of amides is 1. The van der Waals surface area contributed by atoms with Gasteiger partial charge in [0, 0.05) is 13.3 Å². The molecule has 1 rings (SSSR count). The van der Waals surface area contributed by atoms with Crippen LogP contribution < -0.4 is 5.32 Å². The second-order valence-electron chi connectivity index (χ2n) is 3.51. The molecule has 1 unspecified atom stereocenters. The van der Waals surface area contributed by atoms with Gasteiger partial charge in [-0.3, -0.25) is 4.79 Å². The van der Waals surface area contributed by atoms with Crippen LogP contribution in [0.1, 0.15) is 12.5 Å². The van der Waals surface area contributed by atoms with Gasteiger partial charge in [-0.2, -0.15) is 0 Å². The minimum absolute atomic E-state index is 0.0915. The summed E-state index contributed by atoms with van der Waals surface area (Å²) in [5, 5.41) is 11.0. The van der Waals surface area contributed by atoms with Gasteiger partial charge in [0.2, 0.25) is 5.91 Å². The number of nitrogens with one attached hydrogen (secondary N) is 1. The Labute approximate surface area is 96.3 Å². The lowest BCUT2D eigenvalue weighted by atomic mass is 10.1. The summed E-state index contributed by atoms with van der Waals surface area (Å²) >= 11 is 0. The first kappa shape index (κ1) is 13.1. The lowest BCUT2D eigenvalue weighted by molar-refractivity contribution is -0.141. The van der Waals surface area contributed by atoms with Crippen LogP contribution in [0.3, 0.4) is 0 Å². The van der Waals surface area contributed by atoms with Crippen molar-refractivity contribution < 1.29 is 23.5 Å². The molecule has 1 atom stereocenters. The van der Waals surface area contributed by atoms with E-state index in [-0.39, 0.29) is 12.0 Å². The van der Waals surface area contributed by atoms with Gasteiger partial charge in [-0.15, -0.1) is 0 Å². The molecule has 4 nitrogen and oxygen atoms in total. The SMILES string of the molecule is CC(=O)NC(Cc1cccc(F)c1F)C(=O)O. The van der Waals surface area contributed by atoms with E-state index in [9.17, 15) is 18.4 Å². The van der Waals surface area contributed by atoms with E-state index in [4.69, 9.17) is 5.11 Å². The van der Waals surface area contributed by atoms with Crippen molar-refractivity contribution in [3.05, 3.63) is 35.4 Å². The zero-order chi connectivity index (χ0) is 13.0. The third-order valence-electron chi connectivity index (χ3n) is 2.13. The summed E-state index contributed by atoms with van der Waals surface area (Å²) < 4.78 is 26.2. The summed E-state index contributed by atoms with van der Waals surface area (Å²) in [6.07, 6.45) is -0.307. The predicted molar refractivity (Wildman–Crippen MR) is 55.3 cm³/mol. The van der Waals surface area contributed by atoms with E-state index in [1.807, 2.05) is 0 Å². The van der Waals surface area contributed by atoms with Gasteiger partial charge < -0.3 is 10.4 Å². The summed E-state index contributed by atoms with van der Waals surface area (Å²) in [6, 6.07) is 2.22. The Balaban J connectivity index is 2.90. The van der Waals surface area contributed by atoms with Gasteiger partial charge in [0.1, 0.15) is 6.04 Å². The van der Waals surface area contributed by atoms with Crippen molar-refractivity contribution in [2.75, 3.05) is 0 Å². The molecule has 0 aliphatic rings. The predicted octanol–water partition coefficient (Wildman–Crippen LogP) is 1.10. The van der Waals surface area contributed by atoms with Crippen LogP contribution in [-0.2, 0) is 16.0 Å². The van der Waals surface area contributed by atoms with Crippen LogP contribution in [0.25, 0.3) is 0 Å². The molecule has 0 aromatic heterocycles. The van der Waals surface area contributed by atoms with Crippen molar-refractivity contribution in [2.24, 2.45) is 0 Å². The highest BCUT2D eigenvalue weighted by molar-refractivity contribution is 5.82. The Hall–Kier alpha value is -1.98. The van der Waals surface area contributed by atoms with Gasteiger partial charge in [0.05, 0.1) is 0 Å². The number of hydrogen-bond acceptors (Lipinski definition) is 2. The zero-order valence-corrected chi connectivity index (χ0v) is 9.04. The van der Waals surface area contributed by atoms with Gasteiger partial charge in [0.15, 0.2) is 11.6 Å². The molecule has 1 aromatic carbocycles. The second kappa shape index (κ2) is 5.38.